The summed E-state index contributed by atoms with van der Waals surface area (Å²) in [4.78, 5) is 9.55. The maximum absolute atomic E-state index is 4.80. The van der Waals surface area contributed by atoms with Crippen LogP contribution in [0.15, 0.2) is 61.2 Å². The molecule has 0 saturated heterocycles. The monoisotopic (exact) mass is 494 g/mol. The number of tetrazole rings is 2. The lowest BCUT2D eigenvalue weighted by atomic mass is 9.99. The van der Waals surface area contributed by atoms with Gasteiger partial charge in [-0.2, -0.15) is 10.4 Å². The topological polar surface area (TPSA) is 145 Å². The van der Waals surface area contributed by atoms with Crippen LogP contribution in [0.5, 0.6) is 0 Å². The Morgan fingerprint density at radius 3 is 2.59 bits per heavy atom. The molecule has 0 amide bonds. The van der Waals surface area contributed by atoms with E-state index < -0.39 is 0 Å². The van der Waals surface area contributed by atoms with E-state index >= 15 is 0 Å². The zero-order valence-corrected chi connectivity index (χ0v) is 20.4. The third-order valence-electron chi connectivity index (χ3n) is 6.56. The summed E-state index contributed by atoms with van der Waals surface area (Å²) < 4.78 is 4.32. The van der Waals surface area contributed by atoms with Gasteiger partial charge in [0.25, 0.3) is 0 Å². The fraction of sp³-hybridized carbons (Fsp3) is 0.280. The van der Waals surface area contributed by atoms with Gasteiger partial charge in [0.1, 0.15) is 5.82 Å². The highest BCUT2D eigenvalue weighted by molar-refractivity contribution is 5.87. The molecule has 4 aromatic heterocycles. The van der Waals surface area contributed by atoms with Crippen molar-refractivity contribution >= 4 is 11.0 Å². The smallest absolute Gasteiger partial charge is 0.205 e. The standard InChI is InChI=1S/C25H26N12/c1-2-3-4-9-22(25-26-12-13-36(25)15-23-28-32-33-29-23)37-16-27-20-14-17(10-11-21(20)37)18-7-5-6-8-19(18)24-30-34-35-31-24/h5-8,10-14,16,22H,2-4,9,15H2,1H3,(H,28,29,32,33)(H,30,31,34,35). The van der Waals surface area contributed by atoms with Crippen molar-refractivity contribution in [2.45, 2.75) is 45.2 Å². The molecule has 1 unspecified atom stereocenters. The van der Waals surface area contributed by atoms with Crippen LogP contribution in [0, 0.1) is 0 Å². The Morgan fingerprint density at radius 1 is 0.919 bits per heavy atom. The van der Waals surface area contributed by atoms with E-state index in [9.17, 15) is 0 Å². The highest BCUT2D eigenvalue weighted by Crippen LogP contribution is 2.33. The molecule has 37 heavy (non-hydrogen) atoms. The van der Waals surface area contributed by atoms with Gasteiger partial charge in [0.05, 0.1) is 29.9 Å². The Hall–Kier alpha value is -4.74. The molecule has 4 heterocycles. The lowest BCUT2D eigenvalue weighted by molar-refractivity contribution is 0.473. The molecule has 0 radical (unpaired) electrons. The summed E-state index contributed by atoms with van der Waals surface area (Å²) in [7, 11) is 0. The molecular weight excluding hydrogens is 468 g/mol. The van der Waals surface area contributed by atoms with Crippen molar-refractivity contribution in [1.29, 1.82) is 0 Å². The number of unbranched alkanes of at least 4 members (excludes halogenated alkanes) is 2. The fourth-order valence-electron chi connectivity index (χ4n) is 4.79. The highest BCUT2D eigenvalue weighted by atomic mass is 15.5. The molecule has 186 valence electrons. The second kappa shape index (κ2) is 10.1. The van der Waals surface area contributed by atoms with Gasteiger partial charge in [-0.1, -0.05) is 61.7 Å². The maximum atomic E-state index is 4.80. The van der Waals surface area contributed by atoms with Crippen molar-refractivity contribution in [2.75, 3.05) is 0 Å². The molecule has 0 aliphatic rings. The van der Waals surface area contributed by atoms with Crippen molar-refractivity contribution in [2.24, 2.45) is 0 Å². The lowest BCUT2D eigenvalue weighted by Crippen LogP contribution is -2.17. The molecule has 0 bridgehead atoms. The number of nitrogens with zero attached hydrogens (tertiary/aromatic N) is 10. The average molecular weight is 495 g/mol. The normalized spacial score (nSPS) is 12.4. The SMILES string of the molecule is CCCCCC(c1nccn1Cc1nn[nH]n1)n1cnc2cc(-c3ccccc3-c3nn[nH]n3)ccc21. The third kappa shape index (κ3) is 4.48. The van der Waals surface area contributed by atoms with Gasteiger partial charge in [0.2, 0.25) is 5.82 Å². The number of nitrogens with one attached hydrogen (secondary N) is 2. The molecule has 2 aromatic carbocycles. The van der Waals surface area contributed by atoms with Gasteiger partial charge < -0.3 is 9.13 Å². The van der Waals surface area contributed by atoms with Crippen molar-refractivity contribution in [3.63, 3.8) is 0 Å². The van der Waals surface area contributed by atoms with E-state index in [0.717, 1.165) is 59.2 Å². The molecule has 6 rings (SSSR count). The summed E-state index contributed by atoms with van der Waals surface area (Å²) in [6.45, 7) is 2.71. The fourth-order valence-corrected chi connectivity index (χ4v) is 4.79. The van der Waals surface area contributed by atoms with Gasteiger partial charge in [-0.25, -0.2) is 9.97 Å². The van der Waals surface area contributed by atoms with Crippen LogP contribution in [0.4, 0.5) is 0 Å². The minimum Gasteiger partial charge on any atom is -0.325 e. The Labute approximate surface area is 212 Å². The number of aromatic amines is 2. The minimum absolute atomic E-state index is 0.0240. The van der Waals surface area contributed by atoms with E-state index in [0.29, 0.717) is 18.2 Å². The first-order valence-electron chi connectivity index (χ1n) is 12.3. The van der Waals surface area contributed by atoms with Crippen LogP contribution in [0.3, 0.4) is 0 Å². The van der Waals surface area contributed by atoms with E-state index in [4.69, 9.17) is 9.97 Å². The molecule has 0 aliphatic carbocycles. The van der Waals surface area contributed by atoms with Crippen LogP contribution in [-0.2, 0) is 6.54 Å². The van der Waals surface area contributed by atoms with Crippen LogP contribution in [0.25, 0.3) is 33.5 Å². The Kier molecular flexibility index (Phi) is 6.19. The number of benzene rings is 2. The minimum atomic E-state index is 0.0240. The number of fused-ring (bicyclic) bond motifs is 1. The van der Waals surface area contributed by atoms with E-state index in [2.05, 4.69) is 81.6 Å². The van der Waals surface area contributed by atoms with Gasteiger partial charge >= 0.3 is 0 Å². The van der Waals surface area contributed by atoms with Gasteiger partial charge in [0.15, 0.2) is 5.82 Å². The lowest BCUT2D eigenvalue weighted by Gasteiger charge is -2.20. The Morgan fingerprint density at radius 2 is 1.78 bits per heavy atom. The molecule has 0 fully saturated rings. The second-order valence-electron chi connectivity index (χ2n) is 8.89. The molecule has 6 aromatic rings. The van der Waals surface area contributed by atoms with Crippen molar-refractivity contribution < 1.29 is 0 Å². The number of rotatable bonds is 10. The van der Waals surface area contributed by atoms with Gasteiger partial charge in [0, 0.05) is 18.0 Å². The Balaban J connectivity index is 1.38. The average Bonchev–Trinajstić information content (AvgIpc) is 3.75. The van der Waals surface area contributed by atoms with Gasteiger partial charge in [-0.05, 0) is 34.9 Å². The van der Waals surface area contributed by atoms with Gasteiger partial charge in [-0.15, -0.1) is 20.4 Å². The third-order valence-corrected chi connectivity index (χ3v) is 6.56. The number of hydrogen-bond acceptors (Lipinski definition) is 8. The first-order chi connectivity index (χ1) is 18.3. The first-order valence-corrected chi connectivity index (χ1v) is 12.3. The summed E-state index contributed by atoms with van der Waals surface area (Å²) >= 11 is 0. The van der Waals surface area contributed by atoms with Crippen LogP contribution >= 0.6 is 0 Å². The molecule has 0 spiro atoms. The molecule has 12 heteroatoms. The first kappa shape index (κ1) is 22.7. The van der Waals surface area contributed by atoms with E-state index in [1.807, 2.05) is 36.9 Å². The van der Waals surface area contributed by atoms with E-state index in [1.165, 1.54) is 0 Å². The molecule has 2 N–H and O–H groups in total. The number of aromatic nitrogens is 12. The zero-order chi connectivity index (χ0) is 25.0. The van der Waals surface area contributed by atoms with E-state index in [1.54, 1.807) is 0 Å². The van der Waals surface area contributed by atoms with Crippen LogP contribution in [0.1, 0.15) is 50.3 Å². The second-order valence-corrected chi connectivity index (χ2v) is 8.89. The van der Waals surface area contributed by atoms with Gasteiger partial charge in [-0.3, -0.25) is 0 Å². The zero-order valence-electron chi connectivity index (χ0n) is 20.4. The number of imidazole rings is 2. The molecule has 0 aliphatic heterocycles. The predicted molar refractivity (Wildman–Crippen MR) is 136 cm³/mol. The largest absolute Gasteiger partial charge is 0.325 e. The van der Waals surface area contributed by atoms with Crippen molar-refractivity contribution in [1.82, 2.24) is 60.4 Å². The number of hydrogen-bond donors (Lipinski definition) is 2. The molecule has 12 nitrogen and oxygen atoms in total. The van der Waals surface area contributed by atoms with Crippen LogP contribution in [-0.4, -0.2) is 60.4 Å². The molecular formula is C25H26N12. The van der Waals surface area contributed by atoms with Crippen LogP contribution < -0.4 is 0 Å². The quantitative estimate of drug-likeness (QED) is 0.274. The predicted octanol–water partition coefficient (Wildman–Crippen LogP) is 3.81. The van der Waals surface area contributed by atoms with Crippen molar-refractivity contribution in [3.05, 3.63) is 72.8 Å². The highest BCUT2D eigenvalue weighted by Gasteiger charge is 2.22. The molecule has 1 atom stereocenters. The van der Waals surface area contributed by atoms with Crippen molar-refractivity contribution in [3.8, 4) is 22.5 Å². The summed E-state index contributed by atoms with van der Waals surface area (Å²) in [5, 5.41) is 29.0. The summed E-state index contributed by atoms with van der Waals surface area (Å²) in [6, 6.07) is 14.4. The van der Waals surface area contributed by atoms with E-state index in [-0.39, 0.29) is 6.04 Å². The Bertz CT molecular complexity index is 1580. The van der Waals surface area contributed by atoms with Crippen LogP contribution in [0.2, 0.25) is 0 Å². The molecule has 0 saturated carbocycles. The number of H-pyrrole nitrogens is 2. The summed E-state index contributed by atoms with van der Waals surface area (Å²) in [5.74, 6) is 2.13. The summed E-state index contributed by atoms with van der Waals surface area (Å²) in [5.41, 5.74) is 4.94. The maximum Gasteiger partial charge on any atom is 0.205 e. The summed E-state index contributed by atoms with van der Waals surface area (Å²) in [6.07, 6.45) is 10.1.